The Morgan fingerprint density at radius 3 is 2.56 bits per heavy atom. The Balaban J connectivity index is 1.36. The van der Waals surface area contributed by atoms with Gasteiger partial charge in [-0.2, -0.15) is 0 Å². The zero-order valence-corrected chi connectivity index (χ0v) is 15.4. The molecule has 0 saturated carbocycles. The largest absolute Gasteiger partial charge is 0.382 e. The molecule has 2 N–H and O–H groups in total. The van der Waals surface area contributed by atoms with E-state index in [0.29, 0.717) is 31.8 Å². The fourth-order valence-corrected chi connectivity index (χ4v) is 4.60. The van der Waals surface area contributed by atoms with Crippen LogP contribution >= 0.6 is 0 Å². The number of fused-ring (bicyclic) bond motifs is 2. The molecular weight excluding hydrogens is 347 g/mol. The molecule has 2 aromatic rings. The number of nitrogens with zero attached hydrogens (tertiary/aromatic N) is 3. The quantitative estimate of drug-likeness (QED) is 0.838. The van der Waals surface area contributed by atoms with Gasteiger partial charge in [0.25, 0.3) is 0 Å². The summed E-state index contributed by atoms with van der Waals surface area (Å²) >= 11 is 0. The SMILES string of the molecule is Cn1ccnc1C1(O)C[C@H]2CC[C@H](C1)N2CC(=O)NCc1ccc(F)cc1. The van der Waals surface area contributed by atoms with Gasteiger partial charge in [0.1, 0.15) is 17.2 Å². The Hall–Kier alpha value is -2.25. The molecular formula is C20H25FN4O2. The predicted molar refractivity (Wildman–Crippen MR) is 98.1 cm³/mol. The van der Waals surface area contributed by atoms with Gasteiger partial charge in [-0.25, -0.2) is 9.37 Å². The molecule has 7 heteroatoms. The average molecular weight is 372 g/mol. The van der Waals surface area contributed by atoms with Crippen molar-refractivity contribution in [1.82, 2.24) is 19.8 Å². The van der Waals surface area contributed by atoms with Crippen LogP contribution in [0.15, 0.2) is 36.7 Å². The molecule has 1 aromatic heterocycles. The number of hydrogen-bond acceptors (Lipinski definition) is 4. The normalized spacial score (nSPS) is 27.7. The molecule has 3 heterocycles. The molecule has 0 aliphatic carbocycles. The van der Waals surface area contributed by atoms with Gasteiger partial charge in [0.2, 0.25) is 5.91 Å². The Morgan fingerprint density at radius 2 is 1.96 bits per heavy atom. The number of aromatic nitrogens is 2. The molecule has 1 aromatic carbocycles. The highest BCUT2D eigenvalue weighted by Gasteiger charge is 2.50. The van der Waals surface area contributed by atoms with E-state index in [9.17, 15) is 14.3 Å². The maximum absolute atomic E-state index is 13.0. The van der Waals surface area contributed by atoms with E-state index in [4.69, 9.17) is 0 Å². The van der Waals surface area contributed by atoms with Gasteiger partial charge in [0, 0.05) is 38.1 Å². The lowest BCUT2D eigenvalue weighted by Gasteiger charge is -2.43. The monoisotopic (exact) mass is 372 g/mol. The minimum absolute atomic E-state index is 0.0429. The lowest BCUT2D eigenvalue weighted by Crippen LogP contribution is -2.53. The molecule has 1 amide bonds. The Kier molecular flexibility index (Phi) is 4.74. The van der Waals surface area contributed by atoms with Crippen molar-refractivity contribution >= 4 is 5.91 Å². The van der Waals surface area contributed by atoms with Crippen molar-refractivity contribution in [3.8, 4) is 0 Å². The standard InChI is InChI=1S/C20H25FN4O2/c1-24-9-8-22-19(24)20(27)10-16-6-7-17(11-20)25(16)13-18(26)23-12-14-2-4-15(21)5-3-14/h2-5,8-9,16-17,27H,6-7,10-13H2,1H3,(H,23,26)/t16-,17-/m1/s1. The van der Waals surface area contributed by atoms with Crippen LogP contribution in [0, 0.1) is 5.82 Å². The number of nitrogens with one attached hydrogen (secondary N) is 1. The van der Waals surface area contributed by atoms with Crippen molar-refractivity contribution < 1.29 is 14.3 Å². The molecule has 2 atom stereocenters. The van der Waals surface area contributed by atoms with E-state index >= 15 is 0 Å². The van der Waals surface area contributed by atoms with Crippen LogP contribution in [0.5, 0.6) is 0 Å². The predicted octanol–water partition coefficient (Wildman–Crippen LogP) is 1.69. The second-order valence-electron chi connectivity index (χ2n) is 7.76. The zero-order chi connectivity index (χ0) is 19.0. The van der Waals surface area contributed by atoms with Gasteiger partial charge < -0.3 is 15.0 Å². The number of carbonyl (C=O) groups is 1. The van der Waals surface area contributed by atoms with Gasteiger partial charge in [-0.1, -0.05) is 12.1 Å². The molecule has 2 saturated heterocycles. The lowest BCUT2D eigenvalue weighted by molar-refractivity contribution is -0.126. The van der Waals surface area contributed by atoms with Crippen LogP contribution in [0.3, 0.4) is 0 Å². The summed E-state index contributed by atoms with van der Waals surface area (Å²) in [5, 5.41) is 14.1. The lowest BCUT2D eigenvalue weighted by atomic mass is 9.85. The first-order valence-corrected chi connectivity index (χ1v) is 9.42. The molecule has 2 fully saturated rings. The summed E-state index contributed by atoms with van der Waals surface area (Å²) in [5.41, 5.74) is -0.0546. The van der Waals surface area contributed by atoms with Crippen molar-refractivity contribution in [2.24, 2.45) is 7.05 Å². The molecule has 2 aliphatic heterocycles. The third-order valence-corrected chi connectivity index (χ3v) is 5.88. The highest BCUT2D eigenvalue weighted by molar-refractivity contribution is 5.78. The van der Waals surface area contributed by atoms with Crippen LogP contribution in [0.2, 0.25) is 0 Å². The number of halogens is 1. The summed E-state index contributed by atoms with van der Waals surface area (Å²) in [6, 6.07) is 6.50. The third-order valence-electron chi connectivity index (χ3n) is 5.88. The van der Waals surface area contributed by atoms with Crippen molar-refractivity contribution in [3.63, 3.8) is 0 Å². The number of imidazole rings is 1. The number of hydrogen-bond donors (Lipinski definition) is 2. The topological polar surface area (TPSA) is 70.4 Å². The van der Waals surface area contributed by atoms with E-state index in [1.165, 1.54) is 12.1 Å². The van der Waals surface area contributed by atoms with Crippen LogP contribution in [0.25, 0.3) is 0 Å². The van der Waals surface area contributed by atoms with Gasteiger partial charge in [0.05, 0.1) is 6.54 Å². The molecule has 0 unspecified atom stereocenters. The number of rotatable bonds is 5. The molecule has 4 rings (SSSR count). The van der Waals surface area contributed by atoms with E-state index in [0.717, 1.165) is 18.4 Å². The van der Waals surface area contributed by atoms with Gasteiger partial charge in [-0.05, 0) is 43.4 Å². The van der Waals surface area contributed by atoms with Crippen molar-refractivity contribution in [2.75, 3.05) is 6.54 Å². The first-order valence-electron chi connectivity index (χ1n) is 9.42. The molecule has 27 heavy (non-hydrogen) atoms. The number of aryl methyl sites for hydroxylation is 1. The minimum atomic E-state index is -0.925. The van der Waals surface area contributed by atoms with E-state index < -0.39 is 5.60 Å². The van der Waals surface area contributed by atoms with Crippen molar-refractivity contribution in [1.29, 1.82) is 0 Å². The van der Waals surface area contributed by atoms with E-state index in [2.05, 4.69) is 15.2 Å². The number of piperidine rings is 1. The Labute approximate surface area is 158 Å². The van der Waals surface area contributed by atoms with E-state index in [1.54, 1.807) is 18.3 Å². The number of amides is 1. The van der Waals surface area contributed by atoms with Crippen molar-refractivity contribution in [2.45, 2.75) is 49.9 Å². The molecule has 2 bridgehead atoms. The Morgan fingerprint density at radius 1 is 1.30 bits per heavy atom. The summed E-state index contributed by atoms with van der Waals surface area (Å²) in [5.74, 6) is 0.383. The maximum Gasteiger partial charge on any atom is 0.234 e. The first kappa shape index (κ1) is 18.1. The van der Waals surface area contributed by atoms with Crippen LogP contribution in [-0.4, -0.2) is 44.1 Å². The second kappa shape index (κ2) is 7.05. The second-order valence-corrected chi connectivity index (χ2v) is 7.76. The Bertz CT molecular complexity index is 806. The molecule has 6 nitrogen and oxygen atoms in total. The van der Waals surface area contributed by atoms with Gasteiger partial charge in [0.15, 0.2) is 0 Å². The van der Waals surface area contributed by atoms with Crippen LogP contribution in [-0.2, 0) is 24.0 Å². The highest BCUT2D eigenvalue weighted by atomic mass is 19.1. The summed E-state index contributed by atoms with van der Waals surface area (Å²) in [4.78, 5) is 19.0. The fraction of sp³-hybridized carbons (Fsp3) is 0.500. The number of benzene rings is 1. The van der Waals surface area contributed by atoms with Gasteiger partial charge >= 0.3 is 0 Å². The third kappa shape index (κ3) is 3.61. The van der Waals surface area contributed by atoms with E-state index in [1.807, 2.05) is 17.8 Å². The fourth-order valence-electron chi connectivity index (χ4n) is 4.60. The van der Waals surface area contributed by atoms with Crippen molar-refractivity contribution in [3.05, 3.63) is 53.9 Å². The van der Waals surface area contributed by atoms with Crippen LogP contribution < -0.4 is 5.32 Å². The first-order chi connectivity index (χ1) is 12.9. The molecule has 0 radical (unpaired) electrons. The summed E-state index contributed by atoms with van der Waals surface area (Å²) in [6.07, 6.45) is 6.74. The highest BCUT2D eigenvalue weighted by Crippen LogP contribution is 2.44. The smallest absolute Gasteiger partial charge is 0.234 e. The molecule has 144 valence electrons. The van der Waals surface area contributed by atoms with E-state index in [-0.39, 0.29) is 23.8 Å². The van der Waals surface area contributed by atoms with Crippen LogP contribution in [0.1, 0.15) is 37.1 Å². The van der Waals surface area contributed by atoms with Gasteiger partial charge in [-0.15, -0.1) is 0 Å². The molecule has 2 aliphatic rings. The summed E-state index contributed by atoms with van der Waals surface area (Å²) < 4.78 is 14.8. The minimum Gasteiger partial charge on any atom is -0.382 e. The number of carbonyl (C=O) groups excluding carboxylic acids is 1. The number of aliphatic hydroxyl groups is 1. The summed E-state index contributed by atoms with van der Waals surface area (Å²) in [6.45, 7) is 0.715. The molecule has 0 spiro atoms. The summed E-state index contributed by atoms with van der Waals surface area (Å²) in [7, 11) is 1.90. The van der Waals surface area contributed by atoms with Gasteiger partial charge in [-0.3, -0.25) is 9.69 Å². The maximum atomic E-state index is 13.0. The van der Waals surface area contributed by atoms with Crippen LogP contribution in [0.4, 0.5) is 4.39 Å². The zero-order valence-electron chi connectivity index (χ0n) is 15.4. The average Bonchev–Trinajstić information content (AvgIpc) is 3.17.